The summed E-state index contributed by atoms with van der Waals surface area (Å²) in [4.78, 5) is 20.7. The van der Waals surface area contributed by atoms with Gasteiger partial charge in [-0.15, -0.1) is 0 Å². The van der Waals surface area contributed by atoms with Crippen LogP contribution in [0.15, 0.2) is 54.9 Å². The fraction of sp³-hybridized carbons (Fsp3) is 0.300. The molecule has 2 heterocycles. The predicted octanol–water partition coefficient (Wildman–Crippen LogP) is 3.52. The summed E-state index contributed by atoms with van der Waals surface area (Å²) < 4.78 is 0. The molecular weight excluding hydrogens is 298 g/mol. The number of carbonyl (C=O) groups excluding carboxylic acids is 1. The molecule has 0 bridgehead atoms. The highest BCUT2D eigenvalue weighted by Gasteiger charge is 2.28. The first-order valence-corrected chi connectivity index (χ1v) is 8.31. The Balaban J connectivity index is 1.69. The van der Waals surface area contributed by atoms with Crippen molar-refractivity contribution in [2.45, 2.75) is 18.9 Å². The van der Waals surface area contributed by atoms with Crippen molar-refractivity contribution in [1.29, 1.82) is 0 Å². The minimum atomic E-state index is 0.0750. The van der Waals surface area contributed by atoms with Gasteiger partial charge in [-0.3, -0.25) is 9.78 Å². The zero-order chi connectivity index (χ0) is 16.9. The van der Waals surface area contributed by atoms with Crippen molar-refractivity contribution in [2.75, 3.05) is 25.5 Å². The minimum absolute atomic E-state index is 0.0750. The van der Waals surface area contributed by atoms with Crippen LogP contribution >= 0.6 is 0 Å². The van der Waals surface area contributed by atoms with Gasteiger partial charge in [-0.25, -0.2) is 0 Å². The number of likely N-dealkylation sites (tertiary alicyclic amines) is 1. The SMILES string of the molecule is CN(C)c1ccc(C=CC(=O)N2CCCC2c2ccncc2)cc1. The van der Waals surface area contributed by atoms with Crippen LogP contribution in [0.3, 0.4) is 0 Å². The van der Waals surface area contributed by atoms with E-state index >= 15 is 0 Å². The van der Waals surface area contributed by atoms with Gasteiger partial charge in [-0.2, -0.15) is 0 Å². The first-order chi connectivity index (χ1) is 11.6. The molecule has 1 aromatic heterocycles. The molecule has 0 N–H and O–H groups in total. The molecule has 0 aliphatic carbocycles. The smallest absolute Gasteiger partial charge is 0.247 e. The molecule has 1 amide bonds. The van der Waals surface area contributed by atoms with Crippen molar-refractivity contribution < 1.29 is 4.79 Å². The number of hydrogen-bond donors (Lipinski definition) is 0. The average Bonchev–Trinajstić information content (AvgIpc) is 3.10. The van der Waals surface area contributed by atoms with Gasteiger partial charge in [-0.05, 0) is 54.3 Å². The highest BCUT2D eigenvalue weighted by atomic mass is 16.2. The lowest BCUT2D eigenvalue weighted by atomic mass is 10.1. The van der Waals surface area contributed by atoms with Crippen LogP contribution in [0.1, 0.15) is 30.0 Å². The van der Waals surface area contributed by atoms with Crippen LogP contribution in [-0.4, -0.2) is 36.4 Å². The Morgan fingerprint density at radius 1 is 1.17 bits per heavy atom. The molecule has 1 saturated heterocycles. The van der Waals surface area contributed by atoms with Gasteiger partial charge in [0.05, 0.1) is 6.04 Å². The van der Waals surface area contributed by atoms with Crippen LogP contribution in [0.5, 0.6) is 0 Å². The van der Waals surface area contributed by atoms with Gasteiger partial charge >= 0.3 is 0 Å². The lowest BCUT2D eigenvalue weighted by Gasteiger charge is -2.23. The quantitative estimate of drug-likeness (QED) is 0.808. The summed E-state index contributed by atoms with van der Waals surface area (Å²) in [6, 6.07) is 12.3. The molecule has 0 spiro atoms. The first-order valence-electron chi connectivity index (χ1n) is 8.31. The molecule has 0 radical (unpaired) electrons. The Kier molecular flexibility index (Phi) is 4.94. The molecule has 3 rings (SSSR count). The molecule has 24 heavy (non-hydrogen) atoms. The maximum Gasteiger partial charge on any atom is 0.247 e. The fourth-order valence-electron chi connectivity index (χ4n) is 3.11. The lowest BCUT2D eigenvalue weighted by molar-refractivity contribution is -0.126. The van der Waals surface area contributed by atoms with Crippen molar-refractivity contribution >= 4 is 17.7 Å². The van der Waals surface area contributed by atoms with Gasteiger partial charge in [0.25, 0.3) is 0 Å². The minimum Gasteiger partial charge on any atom is -0.378 e. The van der Waals surface area contributed by atoms with E-state index in [1.807, 2.05) is 49.3 Å². The Morgan fingerprint density at radius 2 is 1.88 bits per heavy atom. The summed E-state index contributed by atoms with van der Waals surface area (Å²) in [5.74, 6) is 0.0750. The zero-order valence-electron chi connectivity index (χ0n) is 14.2. The number of amides is 1. The normalized spacial score (nSPS) is 17.4. The Hall–Kier alpha value is -2.62. The van der Waals surface area contributed by atoms with Crippen LogP contribution < -0.4 is 4.90 Å². The number of anilines is 1. The van der Waals surface area contributed by atoms with E-state index in [1.54, 1.807) is 18.5 Å². The van der Waals surface area contributed by atoms with Crippen molar-refractivity contribution in [1.82, 2.24) is 9.88 Å². The standard InChI is InChI=1S/C20H23N3O/c1-22(2)18-8-5-16(6-9-18)7-10-20(24)23-15-3-4-19(23)17-11-13-21-14-12-17/h5-14,19H,3-4,15H2,1-2H3. The first kappa shape index (κ1) is 16.2. The Labute approximate surface area is 143 Å². The lowest BCUT2D eigenvalue weighted by Crippen LogP contribution is -2.28. The summed E-state index contributed by atoms with van der Waals surface area (Å²) in [7, 11) is 4.03. The van der Waals surface area contributed by atoms with Crippen molar-refractivity contribution in [3.05, 3.63) is 66.0 Å². The summed E-state index contributed by atoms with van der Waals surface area (Å²) in [6.07, 6.45) is 9.22. The molecule has 1 aromatic carbocycles. The summed E-state index contributed by atoms with van der Waals surface area (Å²) in [5.41, 5.74) is 3.35. The molecule has 4 heteroatoms. The third kappa shape index (κ3) is 3.65. The van der Waals surface area contributed by atoms with Crippen LogP contribution in [0.25, 0.3) is 6.08 Å². The highest BCUT2D eigenvalue weighted by Crippen LogP contribution is 2.31. The molecule has 4 nitrogen and oxygen atoms in total. The third-order valence-electron chi connectivity index (χ3n) is 4.45. The van der Waals surface area contributed by atoms with E-state index in [0.717, 1.165) is 30.6 Å². The molecule has 0 saturated carbocycles. The molecule has 1 atom stereocenters. The van der Waals surface area contributed by atoms with E-state index in [4.69, 9.17) is 0 Å². The van der Waals surface area contributed by atoms with Crippen LogP contribution in [0, 0.1) is 0 Å². The topological polar surface area (TPSA) is 36.4 Å². The third-order valence-corrected chi connectivity index (χ3v) is 4.45. The van der Waals surface area contributed by atoms with Gasteiger partial charge in [0.1, 0.15) is 0 Å². The van der Waals surface area contributed by atoms with E-state index in [0.29, 0.717) is 0 Å². The second-order valence-electron chi connectivity index (χ2n) is 6.29. The largest absolute Gasteiger partial charge is 0.378 e. The van der Waals surface area contributed by atoms with E-state index in [-0.39, 0.29) is 11.9 Å². The molecule has 1 unspecified atom stereocenters. The summed E-state index contributed by atoms with van der Waals surface area (Å²) in [6.45, 7) is 0.815. The molecule has 124 valence electrons. The number of carbonyl (C=O) groups is 1. The summed E-state index contributed by atoms with van der Waals surface area (Å²) in [5, 5.41) is 0. The summed E-state index contributed by atoms with van der Waals surface area (Å²) >= 11 is 0. The van der Waals surface area contributed by atoms with Gasteiger partial charge in [0.2, 0.25) is 5.91 Å². The average molecular weight is 321 g/mol. The van der Waals surface area contributed by atoms with Crippen molar-refractivity contribution in [3.63, 3.8) is 0 Å². The van der Waals surface area contributed by atoms with Gasteiger partial charge in [0.15, 0.2) is 0 Å². The maximum atomic E-state index is 12.6. The number of benzene rings is 1. The van der Waals surface area contributed by atoms with Crippen molar-refractivity contribution in [3.8, 4) is 0 Å². The van der Waals surface area contributed by atoms with Gasteiger partial charge < -0.3 is 9.80 Å². The highest BCUT2D eigenvalue weighted by molar-refractivity contribution is 5.92. The second kappa shape index (κ2) is 7.30. The number of aromatic nitrogens is 1. The van der Waals surface area contributed by atoms with Crippen LogP contribution in [0.2, 0.25) is 0 Å². The monoisotopic (exact) mass is 321 g/mol. The van der Waals surface area contributed by atoms with Gasteiger partial charge in [-0.1, -0.05) is 12.1 Å². The number of pyridine rings is 1. The van der Waals surface area contributed by atoms with Crippen LogP contribution in [0.4, 0.5) is 5.69 Å². The van der Waals surface area contributed by atoms with Crippen LogP contribution in [-0.2, 0) is 4.79 Å². The van der Waals surface area contributed by atoms with Crippen molar-refractivity contribution in [2.24, 2.45) is 0 Å². The zero-order valence-corrected chi connectivity index (χ0v) is 14.2. The molecule has 2 aromatic rings. The second-order valence-corrected chi connectivity index (χ2v) is 6.29. The Bertz CT molecular complexity index is 707. The predicted molar refractivity (Wildman–Crippen MR) is 97.7 cm³/mol. The van der Waals surface area contributed by atoms with E-state index in [2.05, 4.69) is 22.0 Å². The van der Waals surface area contributed by atoms with E-state index in [9.17, 15) is 4.79 Å². The van der Waals surface area contributed by atoms with E-state index < -0.39 is 0 Å². The van der Waals surface area contributed by atoms with E-state index in [1.165, 1.54) is 5.56 Å². The van der Waals surface area contributed by atoms with Gasteiger partial charge in [0, 0.05) is 44.8 Å². The number of nitrogens with zero attached hydrogens (tertiary/aromatic N) is 3. The maximum absolute atomic E-state index is 12.6. The molecule has 1 aliphatic heterocycles. The number of rotatable bonds is 4. The molecule has 1 aliphatic rings. The Morgan fingerprint density at radius 3 is 2.54 bits per heavy atom. The molecular formula is C20H23N3O. The number of hydrogen-bond acceptors (Lipinski definition) is 3. The molecule has 1 fully saturated rings. The fourth-order valence-corrected chi connectivity index (χ4v) is 3.11.